The van der Waals surface area contributed by atoms with Gasteiger partial charge >= 0.3 is 0 Å². The summed E-state index contributed by atoms with van der Waals surface area (Å²) in [4.78, 5) is 17.2. The number of hydrogen-bond acceptors (Lipinski definition) is 3. The highest BCUT2D eigenvalue weighted by atomic mass is 35.5. The Bertz CT molecular complexity index is 713. The first-order chi connectivity index (χ1) is 13.2. The Hall–Kier alpha value is -1.88. The number of amides is 1. The monoisotopic (exact) mass is 386 g/mol. The van der Waals surface area contributed by atoms with E-state index in [1.807, 2.05) is 42.5 Å². The number of carbonyl (C=O) groups is 1. The number of likely N-dealkylation sites (tertiary alicyclic amines) is 1. The van der Waals surface area contributed by atoms with E-state index in [1.165, 1.54) is 5.56 Å². The van der Waals surface area contributed by atoms with Crippen molar-refractivity contribution in [3.8, 4) is 0 Å². The van der Waals surface area contributed by atoms with Crippen molar-refractivity contribution in [2.24, 2.45) is 5.92 Å². The number of hydrogen-bond donors (Lipinski definition) is 1. The van der Waals surface area contributed by atoms with Crippen LogP contribution in [0.4, 0.5) is 0 Å². The van der Waals surface area contributed by atoms with E-state index in [1.54, 1.807) is 4.90 Å². The van der Waals surface area contributed by atoms with Crippen LogP contribution in [0, 0.1) is 5.92 Å². The third-order valence-corrected chi connectivity index (χ3v) is 5.41. The first kappa shape index (κ1) is 19.9. The molecule has 1 aliphatic rings. The number of rotatable bonds is 7. The summed E-state index contributed by atoms with van der Waals surface area (Å²) < 4.78 is 0. The van der Waals surface area contributed by atoms with Crippen LogP contribution < -0.4 is 0 Å². The molecule has 0 bridgehead atoms. The highest BCUT2D eigenvalue weighted by molar-refractivity contribution is 6.30. The molecule has 4 nitrogen and oxygen atoms in total. The summed E-state index contributed by atoms with van der Waals surface area (Å²) in [6, 6.07) is 17.9. The number of halogens is 1. The van der Waals surface area contributed by atoms with Gasteiger partial charge in [0.1, 0.15) is 0 Å². The summed E-state index contributed by atoms with van der Waals surface area (Å²) in [5.74, 6) is 0.209. The second-order valence-corrected chi connectivity index (χ2v) is 7.58. The van der Waals surface area contributed by atoms with Crippen LogP contribution in [0.1, 0.15) is 24.0 Å². The predicted octanol–water partition coefficient (Wildman–Crippen LogP) is 3.57. The third-order valence-electron chi connectivity index (χ3n) is 5.15. The summed E-state index contributed by atoms with van der Waals surface area (Å²) in [6.07, 6.45) is 1.73. The summed E-state index contributed by atoms with van der Waals surface area (Å²) in [7, 11) is 0. The molecule has 144 valence electrons. The second-order valence-electron chi connectivity index (χ2n) is 7.15. The lowest BCUT2D eigenvalue weighted by Gasteiger charge is -2.34. The molecule has 1 N–H and O–H groups in total. The lowest BCUT2D eigenvalue weighted by Crippen LogP contribution is -2.43. The van der Waals surface area contributed by atoms with Crippen molar-refractivity contribution < 1.29 is 9.90 Å². The Labute approximate surface area is 166 Å². The van der Waals surface area contributed by atoms with E-state index in [-0.39, 0.29) is 18.4 Å². The van der Waals surface area contributed by atoms with Crippen molar-refractivity contribution in [3.63, 3.8) is 0 Å². The molecule has 0 atom stereocenters. The van der Waals surface area contributed by atoms with Crippen LogP contribution in [-0.4, -0.2) is 47.1 Å². The van der Waals surface area contributed by atoms with Crippen molar-refractivity contribution in [2.45, 2.75) is 25.9 Å². The Morgan fingerprint density at radius 1 is 1.04 bits per heavy atom. The standard InChI is InChI=1S/C22H27ClN2O2/c23-21-8-6-19(7-9-21)16-24-12-10-20(11-13-24)22(27)25(14-15-26)17-18-4-2-1-3-5-18/h1-9,20,26H,10-17H2. The molecular formula is C22H27ClN2O2. The fourth-order valence-corrected chi connectivity index (χ4v) is 3.76. The van der Waals surface area contributed by atoms with Gasteiger partial charge in [-0.25, -0.2) is 0 Å². The Morgan fingerprint density at radius 2 is 1.70 bits per heavy atom. The normalized spacial score (nSPS) is 15.6. The van der Waals surface area contributed by atoms with Gasteiger partial charge in [0, 0.05) is 30.6 Å². The van der Waals surface area contributed by atoms with Gasteiger partial charge in [0.2, 0.25) is 5.91 Å². The smallest absolute Gasteiger partial charge is 0.226 e. The molecule has 1 aliphatic heterocycles. The van der Waals surface area contributed by atoms with Gasteiger partial charge in [0.15, 0.2) is 0 Å². The van der Waals surface area contributed by atoms with E-state index < -0.39 is 0 Å². The average molecular weight is 387 g/mol. The molecular weight excluding hydrogens is 360 g/mol. The lowest BCUT2D eigenvalue weighted by molar-refractivity contribution is -0.138. The lowest BCUT2D eigenvalue weighted by atomic mass is 9.94. The summed E-state index contributed by atoms with van der Waals surface area (Å²) in [6.45, 7) is 3.66. The number of benzene rings is 2. The average Bonchev–Trinajstić information content (AvgIpc) is 2.70. The molecule has 0 aromatic heterocycles. The van der Waals surface area contributed by atoms with Gasteiger partial charge in [-0.2, -0.15) is 0 Å². The van der Waals surface area contributed by atoms with E-state index >= 15 is 0 Å². The van der Waals surface area contributed by atoms with Crippen molar-refractivity contribution in [1.29, 1.82) is 0 Å². The van der Waals surface area contributed by atoms with E-state index in [9.17, 15) is 9.90 Å². The van der Waals surface area contributed by atoms with E-state index in [2.05, 4.69) is 17.0 Å². The Balaban J connectivity index is 1.53. The quantitative estimate of drug-likeness (QED) is 0.791. The molecule has 1 heterocycles. The van der Waals surface area contributed by atoms with E-state index in [0.29, 0.717) is 13.1 Å². The van der Waals surface area contributed by atoms with Crippen LogP contribution in [0.15, 0.2) is 54.6 Å². The largest absolute Gasteiger partial charge is 0.395 e. The molecule has 1 amide bonds. The van der Waals surface area contributed by atoms with Gasteiger partial charge in [-0.1, -0.05) is 54.1 Å². The molecule has 0 unspecified atom stereocenters. The van der Waals surface area contributed by atoms with Crippen molar-refractivity contribution in [3.05, 3.63) is 70.7 Å². The van der Waals surface area contributed by atoms with Crippen molar-refractivity contribution in [1.82, 2.24) is 9.80 Å². The first-order valence-corrected chi connectivity index (χ1v) is 9.94. The molecule has 2 aromatic carbocycles. The van der Waals surface area contributed by atoms with E-state index in [0.717, 1.165) is 43.1 Å². The molecule has 0 spiro atoms. The first-order valence-electron chi connectivity index (χ1n) is 9.56. The second kappa shape index (κ2) is 9.88. The van der Waals surface area contributed by atoms with Gasteiger partial charge in [0.05, 0.1) is 6.61 Å². The predicted molar refractivity (Wildman–Crippen MR) is 108 cm³/mol. The van der Waals surface area contributed by atoms with Crippen LogP contribution in [0.5, 0.6) is 0 Å². The zero-order valence-corrected chi connectivity index (χ0v) is 16.3. The minimum atomic E-state index is -0.00597. The Kier molecular flexibility index (Phi) is 7.27. The van der Waals surface area contributed by atoms with Gasteiger partial charge in [-0.05, 0) is 49.2 Å². The Morgan fingerprint density at radius 3 is 2.33 bits per heavy atom. The maximum absolute atomic E-state index is 13.0. The molecule has 0 radical (unpaired) electrons. The van der Waals surface area contributed by atoms with Crippen LogP contribution in [0.25, 0.3) is 0 Å². The van der Waals surface area contributed by atoms with Gasteiger partial charge in [-0.3, -0.25) is 9.69 Å². The molecule has 1 saturated heterocycles. The van der Waals surface area contributed by atoms with Crippen LogP contribution >= 0.6 is 11.6 Å². The van der Waals surface area contributed by atoms with Crippen LogP contribution in [0.2, 0.25) is 5.02 Å². The number of nitrogens with zero attached hydrogens (tertiary/aromatic N) is 2. The number of piperidine rings is 1. The molecule has 3 rings (SSSR count). The SMILES string of the molecule is O=C(C1CCN(Cc2ccc(Cl)cc2)CC1)N(CCO)Cc1ccccc1. The molecule has 1 fully saturated rings. The molecule has 0 aliphatic carbocycles. The van der Waals surface area contributed by atoms with Gasteiger partial charge in [0.25, 0.3) is 0 Å². The minimum absolute atomic E-state index is 0.00597. The molecule has 0 saturated carbocycles. The zero-order chi connectivity index (χ0) is 19.1. The third kappa shape index (κ3) is 5.80. The zero-order valence-electron chi connectivity index (χ0n) is 15.6. The minimum Gasteiger partial charge on any atom is -0.395 e. The van der Waals surface area contributed by atoms with Crippen molar-refractivity contribution >= 4 is 17.5 Å². The molecule has 5 heteroatoms. The molecule has 2 aromatic rings. The highest BCUT2D eigenvalue weighted by Gasteiger charge is 2.28. The topological polar surface area (TPSA) is 43.8 Å². The van der Waals surface area contributed by atoms with Crippen LogP contribution in [0.3, 0.4) is 0 Å². The van der Waals surface area contributed by atoms with Gasteiger partial charge < -0.3 is 10.0 Å². The van der Waals surface area contributed by atoms with Gasteiger partial charge in [-0.15, -0.1) is 0 Å². The summed E-state index contributed by atoms with van der Waals surface area (Å²) in [5, 5.41) is 10.1. The highest BCUT2D eigenvalue weighted by Crippen LogP contribution is 2.22. The summed E-state index contributed by atoms with van der Waals surface area (Å²) >= 11 is 5.95. The van der Waals surface area contributed by atoms with Crippen LogP contribution in [-0.2, 0) is 17.9 Å². The molecule has 27 heavy (non-hydrogen) atoms. The number of aliphatic hydroxyl groups excluding tert-OH is 1. The fraction of sp³-hybridized carbons (Fsp3) is 0.409. The number of carbonyl (C=O) groups excluding carboxylic acids is 1. The maximum atomic E-state index is 13.0. The fourth-order valence-electron chi connectivity index (χ4n) is 3.64. The van der Waals surface area contributed by atoms with E-state index in [4.69, 9.17) is 11.6 Å². The number of aliphatic hydroxyl groups is 1. The maximum Gasteiger partial charge on any atom is 0.226 e. The van der Waals surface area contributed by atoms with Crippen molar-refractivity contribution in [2.75, 3.05) is 26.2 Å². The summed E-state index contributed by atoms with van der Waals surface area (Å²) in [5.41, 5.74) is 2.34.